The van der Waals surface area contributed by atoms with Crippen molar-refractivity contribution in [3.05, 3.63) is 0 Å². The summed E-state index contributed by atoms with van der Waals surface area (Å²) in [6.45, 7) is 4.75. The summed E-state index contributed by atoms with van der Waals surface area (Å²) in [4.78, 5) is 24.6. The Hall–Kier alpha value is -1.10. The Bertz CT molecular complexity index is 281. The van der Waals surface area contributed by atoms with Crippen LogP contribution in [0.25, 0.3) is 0 Å². The fourth-order valence-electron chi connectivity index (χ4n) is 1.83. The maximum absolute atomic E-state index is 12.0. The number of hydrogen-bond donors (Lipinski definition) is 2. The molecule has 0 saturated carbocycles. The Labute approximate surface area is 95.8 Å². The number of carboxylic acid groups (broad SMARTS) is 1. The molecular formula is C11H20N2O3. The lowest BCUT2D eigenvalue weighted by Gasteiger charge is -2.35. The maximum Gasteiger partial charge on any atom is 0.306 e. The SMILES string of the molecule is CNC(C)(C)C(=O)N1CCC(C(=O)O)CC1. The lowest BCUT2D eigenvalue weighted by molar-refractivity contribution is -0.147. The molecule has 2 N–H and O–H groups in total. The number of likely N-dealkylation sites (N-methyl/N-ethyl adjacent to an activating group) is 1. The Kier molecular flexibility index (Phi) is 3.91. The zero-order valence-electron chi connectivity index (χ0n) is 10.1. The van der Waals surface area contributed by atoms with Gasteiger partial charge in [0.2, 0.25) is 5.91 Å². The molecule has 16 heavy (non-hydrogen) atoms. The highest BCUT2D eigenvalue weighted by atomic mass is 16.4. The topological polar surface area (TPSA) is 69.6 Å². The van der Waals surface area contributed by atoms with Crippen LogP contribution in [0.3, 0.4) is 0 Å². The molecule has 1 saturated heterocycles. The molecule has 1 fully saturated rings. The summed E-state index contributed by atoms with van der Waals surface area (Å²) in [5.74, 6) is -0.999. The van der Waals surface area contributed by atoms with Gasteiger partial charge in [-0.3, -0.25) is 9.59 Å². The van der Waals surface area contributed by atoms with E-state index in [1.54, 1.807) is 11.9 Å². The third kappa shape index (κ3) is 2.72. The molecule has 1 heterocycles. The van der Waals surface area contributed by atoms with E-state index in [-0.39, 0.29) is 11.8 Å². The molecule has 0 atom stereocenters. The fourth-order valence-corrected chi connectivity index (χ4v) is 1.83. The number of carbonyl (C=O) groups is 2. The van der Waals surface area contributed by atoms with Crippen molar-refractivity contribution in [1.82, 2.24) is 10.2 Å². The van der Waals surface area contributed by atoms with Crippen LogP contribution in [0.1, 0.15) is 26.7 Å². The van der Waals surface area contributed by atoms with Crippen LogP contribution in [0.2, 0.25) is 0 Å². The van der Waals surface area contributed by atoms with Crippen LogP contribution in [0.4, 0.5) is 0 Å². The lowest BCUT2D eigenvalue weighted by Crippen LogP contribution is -2.54. The van der Waals surface area contributed by atoms with Gasteiger partial charge < -0.3 is 15.3 Å². The first-order chi connectivity index (χ1) is 7.38. The van der Waals surface area contributed by atoms with Gasteiger partial charge in [-0.2, -0.15) is 0 Å². The predicted octanol–water partition coefficient (Wildman–Crippen LogP) is 0.308. The lowest BCUT2D eigenvalue weighted by atomic mass is 9.95. The van der Waals surface area contributed by atoms with E-state index in [0.29, 0.717) is 25.9 Å². The van der Waals surface area contributed by atoms with Gasteiger partial charge in [0.1, 0.15) is 0 Å². The summed E-state index contributed by atoms with van der Waals surface area (Å²) in [6.07, 6.45) is 1.11. The second-order valence-corrected chi connectivity index (χ2v) is 4.78. The molecule has 5 nitrogen and oxygen atoms in total. The van der Waals surface area contributed by atoms with E-state index in [4.69, 9.17) is 5.11 Å². The molecule has 5 heteroatoms. The van der Waals surface area contributed by atoms with Crippen molar-refractivity contribution in [1.29, 1.82) is 0 Å². The number of aliphatic carboxylic acids is 1. The third-order valence-corrected chi connectivity index (χ3v) is 3.29. The zero-order chi connectivity index (χ0) is 12.3. The average Bonchev–Trinajstić information content (AvgIpc) is 2.28. The third-order valence-electron chi connectivity index (χ3n) is 3.29. The number of likely N-dealkylation sites (tertiary alicyclic amines) is 1. The molecule has 0 spiro atoms. The molecule has 1 aliphatic rings. The molecule has 1 aliphatic heterocycles. The molecule has 1 amide bonds. The Morgan fingerprint density at radius 2 is 1.81 bits per heavy atom. The van der Waals surface area contributed by atoms with Gasteiger partial charge in [-0.05, 0) is 33.7 Å². The summed E-state index contributed by atoms with van der Waals surface area (Å²) < 4.78 is 0. The minimum Gasteiger partial charge on any atom is -0.481 e. The number of nitrogens with zero attached hydrogens (tertiary/aromatic N) is 1. The quantitative estimate of drug-likeness (QED) is 0.729. The molecule has 0 bridgehead atoms. The van der Waals surface area contributed by atoms with E-state index >= 15 is 0 Å². The fraction of sp³-hybridized carbons (Fsp3) is 0.818. The van der Waals surface area contributed by atoms with E-state index in [1.807, 2.05) is 13.8 Å². The summed E-state index contributed by atoms with van der Waals surface area (Å²) in [5.41, 5.74) is -0.573. The Morgan fingerprint density at radius 3 is 2.19 bits per heavy atom. The van der Waals surface area contributed by atoms with Crippen LogP contribution in [0.15, 0.2) is 0 Å². The van der Waals surface area contributed by atoms with Gasteiger partial charge in [0.25, 0.3) is 0 Å². The van der Waals surface area contributed by atoms with E-state index in [0.717, 1.165) is 0 Å². The van der Waals surface area contributed by atoms with Crippen molar-refractivity contribution in [2.24, 2.45) is 5.92 Å². The van der Waals surface area contributed by atoms with Gasteiger partial charge >= 0.3 is 5.97 Å². The molecule has 0 aromatic rings. The van der Waals surface area contributed by atoms with Crippen molar-refractivity contribution in [3.63, 3.8) is 0 Å². The number of hydrogen-bond acceptors (Lipinski definition) is 3. The van der Waals surface area contributed by atoms with Crippen LogP contribution in [0, 0.1) is 5.92 Å². The van der Waals surface area contributed by atoms with Crippen molar-refractivity contribution in [2.75, 3.05) is 20.1 Å². The molecule has 0 radical (unpaired) electrons. The van der Waals surface area contributed by atoms with E-state index < -0.39 is 11.5 Å². The van der Waals surface area contributed by atoms with Gasteiger partial charge in [-0.25, -0.2) is 0 Å². The molecule has 0 aromatic carbocycles. The molecule has 0 aliphatic carbocycles. The first kappa shape index (κ1) is 13.0. The summed E-state index contributed by atoms with van der Waals surface area (Å²) in [5, 5.41) is 11.8. The van der Waals surface area contributed by atoms with Crippen LogP contribution < -0.4 is 5.32 Å². The number of amides is 1. The normalized spacial score (nSPS) is 18.6. The second kappa shape index (κ2) is 4.82. The van der Waals surface area contributed by atoms with Gasteiger partial charge in [-0.1, -0.05) is 0 Å². The molecule has 0 unspecified atom stereocenters. The van der Waals surface area contributed by atoms with Gasteiger partial charge in [0.05, 0.1) is 11.5 Å². The Balaban J connectivity index is 2.54. The summed E-state index contributed by atoms with van der Waals surface area (Å²) in [6, 6.07) is 0. The maximum atomic E-state index is 12.0. The van der Waals surface area contributed by atoms with Crippen molar-refractivity contribution in [3.8, 4) is 0 Å². The molecular weight excluding hydrogens is 208 g/mol. The molecule has 92 valence electrons. The number of piperidine rings is 1. The largest absolute Gasteiger partial charge is 0.481 e. The van der Waals surface area contributed by atoms with Gasteiger partial charge in [0, 0.05) is 13.1 Å². The first-order valence-electron chi connectivity index (χ1n) is 5.59. The number of carboxylic acids is 1. The van der Waals surface area contributed by atoms with E-state index in [2.05, 4.69) is 5.32 Å². The van der Waals surface area contributed by atoms with Crippen molar-refractivity contribution in [2.45, 2.75) is 32.2 Å². The zero-order valence-corrected chi connectivity index (χ0v) is 10.1. The summed E-state index contributed by atoms with van der Waals surface area (Å²) >= 11 is 0. The average molecular weight is 228 g/mol. The molecule has 1 rings (SSSR count). The number of carbonyl (C=O) groups excluding carboxylic acids is 1. The number of rotatable bonds is 3. The first-order valence-corrected chi connectivity index (χ1v) is 5.59. The van der Waals surface area contributed by atoms with Gasteiger partial charge in [-0.15, -0.1) is 0 Å². The van der Waals surface area contributed by atoms with E-state index in [9.17, 15) is 9.59 Å². The van der Waals surface area contributed by atoms with Crippen LogP contribution in [-0.2, 0) is 9.59 Å². The van der Waals surface area contributed by atoms with Gasteiger partial charge in [0.15, 0.2) is 0 Å². The number of nitrogens with one attached hydrogen (secondary N) is 1. The second-order valence-electron chi connectivity index (χ2n) is 4.78. The standard InChI is InChI=1S/C11H20N2O3/c1-11(2,12-3)10(16)13-6-4-8(5-7-13)9(14)15/h8,12H,4-7H2,1-3H3,(H,14,15). The predicted molar refractivity (Wildman–Crippen MR) is 60.1 cm³/mol. The highest BCUT2D eigenvalue weighted by Gasteiger charge is 2.33. The van der Waals surface area contributed by atoms with Crippen LogP contribution in [-0.4, -0.2) is 47.6 Å². The Morgan fingerprint density at radius 1 is 1.31 bits per heavy atom. The molecule has 0 aromatic heterocycles. The highest BCUT2D eigenvalue weighted by Crippen LogP contribution is 2.19. The minimum atomic E-state index is -0.750. The highest BCUT2D eigenvalue weighted by molar-refractivity contribution is 5.85. The van der Waals surface area contributed by atoms with Crippen molar-refractivity contribution < 1.29 is 14.7 Å². The van der Waals surface area contributed by atoms with Crippen molar-refractivity contribution >= 4 is 11.9 Å². The van der Waals surface area contributed by atoms with E-state index in [1.165, 1.54) is 0 Å². The smallest absolute Gasteiger partial charge is 0.306 e. The summed E-state index contributed by atoms with van der Waals surface area (Å²) in [7, 11) is 1.75. The van der Waals surface area contributed by atoms with Crippen LogP contribution >= 0.6 is 0 Å². The monoisotopic (exact) mass is 228 g/mol. The minimum absolute atomic E-state index is 0.0406. The van der Waals surface area contributed by atoms with Crippen LogP contribution in [0.5, 0.6) is 0 Å².